The van der Waals surface area contributed by atoms with E-state index in [2.05, 4.69) is 0 Å². The Labute approximate surface area is 118 Å². The molecule has 0 radical (unpaired) electrons. The van der Waals surface area contributed by atoms with Crippen LogP contribution in [0.1, 0.15) is 10.4 Å². The van der Waals surface area contributed by atoms with E-state index < -0.39 is 11.8 Å². The molecule has 2 nitrogen and oxygen atoms in total. The zero-order valence-electron chi connectivity index (χ0n) is 9.65. The average Bonchev–Trinajstić information content (AvgIpc) is 2.96. The summed E-state index contributed by atoms with van der Waals surface area (Å²) in [5.41, 5.74) is 1.24. The molecule has 0 saturated heterocycles. The Bertz CT molecular complexity index is 690. The minimum absolute atomic E-state index is 0.152. The summed E-state index contributed by atoms with van der Waals surface area (Å²) in [6.45, 7) is 0.152. The van der Waals surface area contributed by atoms with Crippen LogP contribution in [0.4, 0.5) is 4.39 Å². The van der Waals surface area contributed by atoms with Crippen LogP contribution in [0.2, 0.25) is 4.34 Å². The van der Waals surface area contributed by atoms with Gasteiger partial charge in [0.1, 0.15) is 12.4 Å². The second kappa shape index (κ2) is 4.79. The fraction of sp³-hybridized carbons (Fsp3) is 0.0714. The molecule has 0 atom stereocenters. The van der Waals surface area contributed by atoms with Gasteiger partial charge in [0.05, 0.1) is 9.91 Å². The number of halogens is 2. The average molecular weight is 295 g/mol. The van der Waals surface area contributed by atoms with Gasteiger partial charge < -0.3 is 4.74 Å². The van der Waals surface area contributed by atoms with Gasteiger partial charge in [0, 0.05) is 16.0 Å². The third-order valence-electron chi connectivity index (χ3n) is 2.87. The van der Waals surface area contributed by atoms with Crippen LogP contribution in [0.15, 0.2) is 36.4 Å². The molecule has 96 valence electrons. The standard InChI is InChI=1S/C14H8ClFO2S/c15-12-6-5-11(19-12)9-7-18-14(17)13(9)8-3-1-2-4-10(8)16/h1-6H,7H2. The summed E-state index contributed by atoms with van der Waals surface area (Å²) in [6, 6.07) is 9.73. The van der Waals surface area contributed by atoms with Crippen molar-refractivity contribution in [3.63, 3.8) is 0 Å². The van der Waals surface area contributed by atoms with Crippen LogP contribution in [0.25, 0.3) is 11.1 Å². The fourth-order valence-electron chi connectivity index (χ4n) is 2.01. The Balaban J connectivity index is 2.19. The lowest BCUT2D eigenvalue weighted by molar-refractivity contribution is -0.133. The van der Waals surface area contributed by atoms with Gasteiger partial charge in [-0.25, -0.2) is 9.18 Å². The van der Waals surface area contributed by atoms with Crippen molar-refractivity contribution >= 4 is 40.1 Å². The van der Waals surface area contributed by atoms with Crippen LogP contribution in [0.3, 0.4) is 0 Å². The summed E-state index contributed by atoms with van der Waals surface area (Å²) in [7, 11) is 0. The predicted molar refractivity (Wildman–Crippen MR) is 73.5 cm³/mol. The summed E-state index contributed by atoms with van der Waals surface area (Å²) >= 11 is 7.24. The first-order chi connectivity index (χ1) is 9.16. The van der Waals surface area contributed by atoms with Gasteiger partial charge in [-0.05, 0) is 18.2 Å². The maximum Gasteiger partial charge on any atom is 0.339 e. The smallest absolute Gasteiger partial charge is 0.339 e. The molecular weight excluding hydrogens is 287 g/mol. The number of benzene rings is 1. The molecule has 5 heteroatoms. The van der Waals surface area contributed by atoms with E-state index in [1.165, 1.54) is 17.4 Å². The number of rotatable bonds is 2. The highest BCUT2D eigenvalue weighted by atomic mass is 35.5. The normalized spacial score (nSPS) is 14.9. The molecule has 1 aromatic carbocycles. The van der Waals surface area contributed by atoms with Gasteiger partial charge in [-0.2, -0.15) is 0 Å². The minimum Gasteiger partial charge on any atom is -0.457 e. The topological polar surface area (TPSA) is 26.3 Å². The van der Waals surface area contributed by atoms with Gasteiger partial charge in [-0.1, -0.05) is 29.8 Å². The zero-order chi connectivity index (χ0) is 13.4. The first kappa shape index (κ1) is 12.4. The number of ether oxygens (including phenoxy) is 1. The summed E-state index contributed by atoms with van der Waals surface area (Å²) in [5, 5.41) is 0. The van der Waals surface area contributed by atoms with Crippen LogP contribution in [-0.4, -0.2) is 12.6 Å². The highest BCUT2D eigenvalue weighted by molar-refractivity contribution is 7.17. The van der Waals surface area contributed by atoms with E-state index in [4.69, 9.17) is 16.3 Å². The molecule has 2 aromatic rings. The van der Waals surface area contributed by atoms with E-state index in [1.807, 2.05) is 6.07 Å². The molecule has 0 fully saturated rings. The Kier molecular flexibility index (Phi) is 3.12. The molecule has 3 rings (SSSR count). The second-order valence-electron chi connectivity index (χ2n) is 4.01. The lowest BCUT2D eigenvalue weighted by Crippen LogP contribution is -2.00. The van der Waals surface area contributed by atoms with Crippen LogP contribution < -0.4 is 0 Å². The molecule has 19 heavy (non-hydrogen) atoms. The van der Waals surface area contributed by atoms with E-state index in [9.17, 15) is 9.18 Å². The summed E-state index contributed by atoms with van der Waals surface area (Å²) < 4.78 is 19.5. The fourth-order valence-corrected chi connectivity index (χ4v) is 3.09. The molecule has 0 amide bonds. The van der Waals surface area contributed by atoms with Gasteiger partial charge in [-0.3, -0.25) is 0 Å². The molecule has 1 aromatic heterocycles. The number of cyclic esters (lactones) is 1. The summed E-state index contributed by atoms with van der Waals surface area (Å²) in [6.07, 6.45) is 0. The van der Waals surface area contributed by atoms with E-state index in [-0.39, 0.29) is 17.7 Å². The number of carbonyl (C=O) groups excluding carboxylic acids is 1. The van der Waals surface area contributed by atoms with Crippen molar-refractivity contribution in [1.29, 1.82) is 0 Å². The summed E-state index contributed by atoms with van der Waals surface area (Å²) in [5.74, 6) is -0.930. The quantitative estimate of drug-likeness (QED) is 0.782. The van der Waals surface area contributed by atoms with Crippen LogP contribution in [0.5, 0.6) is 0 Å². The Hall–Kier alpha value is -1.65. The molecule has 0 aliphatic carbocycles. The maximum absolute atomic E-state index is 13.8. The molecule has 1 aliphatic rings. The lowest BCUT2D eigenvalue weighted by Gasteiger charge is -2.03. The van der Waals surface area contributed by atoms with Crippen LogP contribution in [-0.2, 0) is 9.53 Å². The number of hydrogen-bond acceptors (Lipinski definition) is 3. The SMILES string of the molecule is O=C1OCC(c2ccc(Cl)s2)=C1c1ccccc1F. The number of hydrogen-bond donors (Lipinski definition) is 0. The molecule has 0 N–H and O–H groups in total. The minimum atomic E-state index is -0.496. The Morgan fingerprint density at radius 3 is 2.68 bits per heavy atom. The van der Waals surface area contributed by atoms with Crippen LogP contribution >= 0.6 is 22.9 Å². The van der Waals surface area contributed by atoms with Crippen molar-refractivity contribution in [3.8, 4) is 0 Å². The molecule has 1 aliphatic heterocycles. The predicted octanol–water partition coefficient (Wildman–Crippen LogP) is 4.01. The zero-order valence-corrected chi connectivity index (χ0v) is 11.2. The molecule has 0 spiro atoms. The highest BCUT2D eigenvalue weighted by Crippen LogP contribution is 2.37. The van der Waals surface area contributed by atoms with Gasteiger partial charge in [0.25, 0.3) is 0 Å². The first-order valence-corrected chi connectivity index (χ1v) is 6.77. The largest absolute Gasteiger partial charge is 0.457 e. The second-order valence-corrected chi connectivity index (χ2v) is 5.73. The summed E-state index contributed by atoms with van der Waals surface area (Å²) in [4.78, 5) is 12.7. The van der Waals surface area contributed by atoms with E-state index in [0.717, 1.165) is 4.88 Å². The van der Waals surface area contributed by atoms with Crippen molar-refractivity contribution in [2.24, 2.45) is 0 Å². The van der Waals surface area contributed by atoms with Crippen molar-refractivity contribution < 1.29 is 13.9 Å². The van der Waals surface area contributed by atoms with Gasteiger partial charge >= 0.3 is 5.97 Å². The van der Waals surface area contributed by atoms with Crippen molar-refractivity contribution in [3.05, 3.63) is 57.0 Å². The number of carbonyl (C=O) groups is 1. The Morgan fingerprint density at radius 2 is 2.00 bits per heavy atom. The van der Waals surface area contributed by atoms with Gasteiger partial charge in [0.15, 0.2) is 0 Å². The molecule has 0 saturated carbocycles. The van der Waals surface area contributed by atoms with Gasteiger partial charge in [-0.15, -0.1) is 11.3 Å². The monoisotopic (exact) mass is 294 g/mol. The third-order valence-corrected chi connectivity index (χ3v) is 4.16. The molecule has 0 bridgehead atoms. The first-order valence-electron chi connectivity index (χ1n) is 5.57. The van der Waals surface area contributed by atoms with E-state index in [1.54, 1.807) is 24.3 Å². The van der Waals surface area contributed by atoms with E-state index >= 15 is 0 Å². The van der Waals surface area contributed by atoms with Gasteiger partial charge in [0.2, 0.25) is 0 Å². The lowest BCUT2D eigenvalue weighted by atomic mass is 10.0. The van der Waals surface area contributed by atoms with Crippen LogP contribution in [0, 0.1) is 5.82 Å². The Morgan fingerprint density at radius 1 is 1.21 bits per heavy atom. The number of esters is 1. The molecule has 0 unspecified atom stereocenters. The third kappa shape index (κ3) is 2.17. The number of thiophene rings is 1. The maximum atomic E-state index is 13.8. The molecule has 2 heterocycles. The van der Waals surface area contributed by atoms with E-state index in [0.29, 0.717) is 9.91 Å². The van der Waals surface area contributed by atoms with Crippen molar-refractivity contribution in [2.75, 3.05) is 6.61 Å². The van der Waals surface area contributed by atoms with Crippen molar-refractivity contribution in [1.82, 2.24) is 0 Å². The van der Waals surface area contributed by atoms with Crippen molar-refractivity contribution in [2.45, 2.75) is 0 Å². The highest BCUT2D eigenvalue weighted by Gasteiger charge is 2.29. The molecular formula is C14H8ClFO2S.